The first kappa shape index (κ1) is 13.6. The van der Waals surface area contributed by atoms with E-state index in [2.05, 4.69) is 48.3 Å². The summed E-state index contributed by atoms with van der Waals surface area (Å²) < 4.78 is 6.12. The Morgan fingerprint density at radius 1 is 1.18 bits per heavy atom. The van der Waals surface area contributed by atoms with Crippen molar-refractivity contribution in [3.63, 3.8) is 0 Å². The lowest BCUT2D eigenvalue weighted by molar-refractivity contribution is 0.282. The fraction of sp³-hybridized carbons (Fsp3) is 0.263. The lowest BCUT2D eigenvalue weighted by atomic mass is 9.87. The van der Waals surface area contributed by atoms with E-state index < -0.39 is 0 Å². The summed E-state index contributed by atoms with van der Waals surface area (Å²) in [7, 11) is 2.16. The standard InChI is InChI=1S/C19H20N2O/c1-21-11-15-8-13(10-20)6-7-16(15)17(12-21)19-9-14-4-2-3-5-18(14)22-19/h2-9,17H,10-12,20H2,1H3. The van der Waals surface area contributed by atoms with Gasteiger partial charge in [0.2, 0.25) is 0 Å². The molecule has 1 unspecified atom stereocenters. The third kappa shape index (κ3) is 2.23. The summed E-state index contributed by atoms with van der Waals surface area (Å²) in [6.45, 7) is 2.54. The molecule has 1 aliphatic heterocycles. The topological polar surface area (TPSA) is 42.4 Å². The highest BCUT2D eigenvalue weighted by Crippen LogP contribution is 2.36. The van der Waals surface area contributed by atoms with Crippen LogP contribution < -0.4 is 5.73 Å². The van der Waals surface area contributed by atoms with Gasteiger partial charge in [0.15, 0.2) is 0 Å². The maximum absolute atomic E-state index is 6.12. The number of nitrogens with zero attached hydrogens (tertiary/aromatic N) is 1. The lowest BCUT2D eigenvalue weighted by Gasteiger charge is -2.31. The largest absolute Gasteiger partial charge is 0.460 e. The van der Waals surface area contributed by atoms with Crippen molar-refractivity contribution in [3.8, 4) is 0 Å². The molecule has 2 heterocycles. The van der Waals surface area contributed by atoms with Crippen LogP contribution >= 0.6 is 0 Å². The average molecular weight is 292 g/mol. The molecule has 0 aliphatic carbocycles. The van der Waals surface area contributed by atoms with Gasteiger partial charge >= 0.3 is 0 Å². The van der Waals surface area contributed by atoms with Gasteiger partial charge < -0.3 is 15.1 Å². The summed E-state index contributed by atoms with van der Waals surface area (Å²) in [4.78, 5) is 2.35. The van der Waals surface area contributed by atoms with E-state index in [0.717, 1.165) is 24.4 Å². The number of furan rings is 1. The number of para-hydroxylation sites is 1. The van der Waals surface area contributed by atoms with Crippen LogP contribution in [0.3, 0.4) is 0 Å². The molecule has 0 spiro atoms. The summed E-state index contributed by atoms with van der Waals surface area (Å²) in [5.41, 5.74) is 10.7. The van der Waals surface area contributed by atoms with Crippen molar-refractivity contribution >= 4 is 11.0 Å². The Hall–Kier alpha value is -2.10. The Morgan fingerprint density at radius 2 is 2.05 bits per heavy atom. The monoisotopic (exact) mass is 292 g/mol. The van der Waals surface area contributed by atoms with E-state index in [4.69, 9.17) is 10.2 Å². The Kier molecular flexibility index (Phi) is 3.25. The second-order valence-electron chi connectivity index (χ2n) is 6.17. The number of nitrogens with two attached hydrogens (primary N) is 1. The first-order chi connectivity index (χ1) is 10.7. The molecular formula is C19H20N2O. The maximum Gasteiger partial charge on any atom is 0.134 e. The summed E-state index contributed by atoms with van der Waals surface area (Å²) in [5, 5.41) is 1.17. The highest BCUT2D eigenvalue weighted by atomic mass is 16.3. The first-order valence-electron chi connectivity index (χ1n) is 7.73. The van der Waals surface area contributed by atoms with Crippen LogP contribution in [-0.4, -0.2) is 18.5 Å². The first-order valence-corrected chi connectivity index (χ1v) is 7.73. The number of benzene rings is 2. The van der Waals surface area contributed by atoms with Gasteiger partial charge in [0.05, 0.1) is 5.92 Å². The van der Waals surface area contributed by atoms with E-state index in [0.29, 0.717) is 6.54 Å². The molecule has 1 aliphatic rings. The predicted octanol–water partition coefficient (Wildman–Crippen LogP) is 3.47. The minimum Gasteiger partial charge on any atom is -0.460 e. The van der Waals surface area contributed by atoms with Gasteiger partial charge in [-0.25, -0.2) is 0 Å². The van der Waals surface area contributed by atoms with Gasteiger partial charge in [-0.2, -0.15) is 0 Å². The van der Waals surface area contributed by atoms with Crippen LogP contribution in [0.5, 0.6) is 0 Å². The van der Waals surface area contributed by atoms with Gasteiger partial charge in [-0.05, 0) is 35.9 Å². The average Bonchev–Trinajstić information content (AvgIpc) is 2.97. The molecule has 1 atom stereocenters. The molecule has 112 valence electrons. The van der Waals surface area contributed by atoms with Crippen molar-refractivity contribution in [2.45, 2.75) is 19.0 Å². The van der Waals surface area contributed by atoms with Crippen molar-refractivity contribution < 1.29 is 4.42 Å². The third-order valence-corrected chi connectivity index (χ3v) is 4.54. The number of hydrogen-bond acceptors (Lipinski definition) is 3. The molecule has 3 heteroatoms. The Morgan fingerprint density at radius 3 is 2.86 bits per heavy atom. The van der Waals surface area contributed by atoms with Crippen molar-refractivity contribution in [1.82, 2.24) is 4.90 Å². The highest BCUT2D eigenvalue weighted by Gasteiger charge is 2.27. The van der Waals surface area contributed by atoms with Crippen molar-refractivity contribution in [2.24, 2.45) is 5.73 Å². The van der Waals surface area contributed by atoms with Crippen LogP contribution in [0.25, 0.3) is 11.0 Å². The van der Waals surface area contributed by atoms with Gasteiger partial charge in [-0.15, -0.1) is 0 Å². The van der Waals surface area contributed by atoms with Gasteiger partial charge in [0.1, 0.15) is 11.3 Å². The van der Waals surface area contributed by atoms with E-state index in [1.54, 1.807) is 0 Å². The van der Waals surface area contributed by atoms with Gasteiger partial charge in [-0.1, -0.05) is 36.4 Å². The summed E-state index contributed by atoms with van der Waals surface area (Å²) in [6, 6.07) is 17.0. The second-order valence-corrected chi connectivity index (χ2v) is 6.17. The fourth-order valence-corrected chi connectivity index (χ4v) is 3.45. The molecule has 0 fully saturated rings. The highest BCUT2D eigenvalue weighted by molar-refractivity contribution is 5.78. The predicted molar refractivity (Wildman–Crippen MR) is 88.7 cm³/mol. The molecule has 0 saturated heterocycles. The summed E-state index contributed by atoms with van der Waals surface area (Å²) >= 11 is 0. The number of likely N-dealkylation sites (N-methyl/N-ethyl adjacent to an activating group) is 1. The zero-order valence-electron chi connectivity index (χ0n) is 12.8. The van der Waals surface area contributed by atoms with Crippen molar-refractivity contribution in [1.29, 1.82) is 0 Å². The molecule has 4 rings (SSSR count). The molecule has 3 nitrogen and oxygen atoms in total. The maximum atomic E-state index is 6.12. The van der Waals surface area contributed by atoms with E-state index >= 15 is 0 Å². The van der Waals surface area contributed by atoms with Crippen LogP contribution in [0, 0.1) is 0 Å². The molecule has 0 amide bonds. The van der Waals surface area contributed by atoms with Crippen LogP contribution in [0.4, 0.5) is 0 Å². The normalized spacial score (nSPS) is 18.5. The minimum atomic E-state index is 0.285. The van der Waals surface area contributed by atoms with E-state index in [-0.39, 0.29) is 5.92 Å². The number of hydrogen-bond donors (Lipinski definition) is 1. The van der Waals surface area contributed by atoms with Crippen LogP contribution in [-0.2, 0) is 13.1 Å². The molecule has 0 saturated carbocycles. The van der Waals surface area contributed by atoms with Crippen molar-refractivity contribution in [3.05, 3.63) is 71.0 Å². The zero-order chi connectivity index (χ0) is 15.1. The van der Waals surface area contributed by atoms with Crippen LogP contribution in [0.1, 0.15) is 28.4 Å². The Bertz CT molecular complexity index is 788. The van der Waals surface area contributed by atoms with Gasteiger partial charge in [-0.3, -0.25) is 0 Å². The smallest absolute Gasteiger partial charge is 0.134 e. The fourth-order valence-electron chi connectivity index (χ4n) is 3.45. The molecule has 3 aromatic rings. The van der Waals surface area contributed by atoms with Crippen molar-refractivity contribution in [2.75, 3.05) is 13.6 Å². The lowest BCUT2D eigenvalue weighted by Crippen LogP contribution is -2.31. The number of fused-ring (bicyclic) bond motifs is 2. The summed E-state index contributed by atoms with van der Waals surface area (Å²) in [5.74, 6) is 1.34. The Labute approximate surface area is 130 Å². The van der Waals surface area contributed by atoms with Crippen LogP contribution in [0.2, 0.25) is 0 Å². The third-order valence-electron chi connectivity index (χ3n) is 4.54. The zero-order valence-corrected chi connectivity index (χ0v) is 12.8. The molecule has 2 aromatic carbocycles. The van der Waals surface area contributed by atoms with E-state index in [1.165, 1.54) is 22.1 Å². The van der Waals surface area contributed by atoms with E-state index in [9.17, 15) is 0 Å². The molecular weight excluding hydrogens is 272 g/mol. The Balaban J connectivity index is 1.82. The van der Waals surface area contributed by atoms with Gasteiger partial charge in [0, 0.05) is 25.0 Å². The molecule has 2 N–H and O–H groups in total. The number of rotatable bonds is 2. The quantitative estimate of drug-likeness (QED) is 0.786. The van der Waals surface area contributed by atoms with Gasteiger partial charge in [0.25, 0.3) is 0 Å². The van der Waals surface area contributed by atoms with E-state index in [1.807, 2.05) is 12.1 Å². The van der Waals surface area contributed by atoms with Crippen LogP contribution in [0.15, 0.2) is 52.9 Å². The molecule has 0 bridgehead atoms. The molecule has 22 heavy (non-hydrogen) atoms. The second kappa shape index (κ2) is 5.27. The summed E-state index contributed by atoms with van der Waals surface area (Å²) in [6.07, 6.45) is 0. The molecule has 0 radical (unpaired) electrons. The minimum absolute atomic E-state index is 0.285. The molecule has 1 aromatic heterocycles. The SMILES string of the molecule is CN1Cc2cc(CN)ccc2C(c2cc3ccccc3o2)C1.